The Bertz CT molecular complexity index is 493. The normalized spacial score (nSPS) is 15.2. The van der Waals surface area contributed by atoms with Crippen molar-refractivity contribution in [3.05, 3.63) is 36.4 Å². The molecule has 6 heteroatoms. The lowest BCUT2D eigenvalue weighted by molar-refractivity contribution is -0.136. The van der Waals surface area contributed by atoms with E-state index in [0.29, 0.717) is 4.86 Å². The van der Waals surface area contributed by atoms with Gasteiger partial charge in [0.1, 0.15) is 0 Å². The van der Waals surface area contributed by atoms with E-state index in [9.17, 15) is 9.59 Å². The van der Waals surface area contributed by atoms with Gasteiger partial charge < -0.3 is 4.42 Å². The van der Waals surface area contributed by atoms with Crippen LogP contribution in [0.15, 0.2) is 35.1 Å². The van der Waals surface area contributed by atoms with E-state index in [2.05, 4.69) is 0 Å². The Balaban J connectivity index is 2.18. The summed E-state index contributed by atoms with van der Waals surface area (Å²) >= 11 is 4.91. The van der Waals surface area contributed by atoms with Crippen molar-refractivity contribution in [2.45, 2.75) is 6.42 Å². The molecule has 1 aliphatic heterocycles. The van der Waals surface area contributed by atoms with Crippen LogP contribution in [-0.2, 0) is 4.79 Å². The smallest absolute Gasteiger partial charge is 0.308 e. The highest BCUT2D eigenvalue weighted by Gasteiger charge is 2.26. The second kappa shape index (κ2) is 4.50. The van der Waals surface area contributed by atoms with E-state index >= 15 is 0 Å². The zero-order valence-corrected chi connectivity index (χ0v) is 9.94. The molecule has 2 rings (SSSR count). The van der Waals surface area contributed by atoms with Gasteiger partial charge in [-0.1, -0.05) is 12.2 Å². The van der Waals surface area contributed by atoms with Crippen LogP contribution in [0.5, 0.6) is 0 Å². The fraction of sp³-hybridized carbons (Fsp3) is 0.182. The maximum Gasteiger partial charge on any atom is 0.308 e. The first-order chi connectivity index (χ1) is 8.09. The second-order valence-electron chi connectivity index (χ2n) is 3.50. The van der Waals surface area contributed by atoms with Gasteiger partial charge in [0.15, 0.2) is 5.76 Å². The van der Waals surface area contributed by atoms with Crippen molar-refractivity contribution < 1.29 is 14.0 Å². The van der Waals surface area contributed by atoms with Crippen molar-refractivity contribution in [3.63, 3.8) is 0 Å². The van der Waals surface area contributed by atoms with Crippen molar-refractivity contribution in [3.8, 4) is 0 Å². The molecule has 88 valence electrons. The number of hydrogen-bond donors (Lipinski definition) is 0. The van der Waals surface area contributed by atoms with Gasteiger partial charge in [-0.15, -0.1) is 0 Å². The van der Waals surface area contributed by atoms with Crippen LogP contribution >= 0.6 is 12.2 Å². The molecule has 0 N–H and O–H groups in total. The molecule has 0 spiro atoms. The number of allylic oxidation sites excluding steroid dienone is 1. The summed E-state index contributed by atoms with van der Waals surface area (Å²) in [6, 6.07) is 3.16. The summed E-state index contributed by atoms with van der Waals surface area (Å²) in [7, 11) is 1.50. The molecule has 0 aliphatic carbocycles. The van der Waals surface area contributed by atoms with Gasteiger partial charge in [0.25, 0.3) is 5.91 Å². The van der Waals surface area contributed by atoms with Gasteiger partial charge in [-0.25, -0.2) is 10.0 Å². The largest absolute Gasteiger partial charge is 0.459 e. The van der Waals surface area contributed by atoms with Gasteiger partial charge in [-0.2, -0.15) is 0 Å². The molecule has 17 heavy (non-hydrogen) atoms. The fourth-order valence-electron chi connectivity index (χ4n) is 1.45. The first-order valence-corrected chi connectivity index (χ1v) is 5.35. The van der Waals surface area contributed by atoms with Crippen LogP contribution in [0.25, 0.3) is 0 Å². The first kappa shape index (κ1) is 11.5. The van der Waals surface area contributed by atoms with Gasteiger partial charge in [-0.05, 0) is 18.2 Å². The summed E-state index contributed by atoms with van der Waals surface area (Å²) in [5, 5.41) is 2.42. The van der Waals surface area contributed by atoms with Crippen molar-refractivity contribution in [1.29, 1.82) is 0 Å². The highest BCUT2D eigenvalue weighted by atomic mass is 32.1. The molecule has 1 aromatic rings. The molecule has 0 fully saturated rings. The standard InChI is InChI=1S/C11H10N2O3S/c1-12(11(15)9-3-2-6-16-9)13-5-4-8(17)7-10(13)14/h2-6H,7H2,1H3. The van der Waals surface area contributed by atoms with Gasteiger partial charge in [0.05, 0.1) is 12.7 Å². The topological polar surface area (TPSA) is 53.8 Å². The Labute approximate surface area is 103 Å². The average Bonchev–Trinajstić information content (AvgIpc) is 2.80. The van der Waals surface area contributed by atoms with E-state index in [1.807, 2.05) is 0 Å². The zero-order chi connectivity index (χ0) is 12.4. The SMILES string of the molecule is CN(C(=O)c1ccco1)N1C=CC(=S)CC1=O. The highest BCUT2D eigenvalue weighted by Crippen LogP contribution is 2.12. The predicted molar refractivity (Wildman–Crippen MR) is 64.0 cm³/mol. The lowest BCUT2D eigenvalue weighted by Gasteiger charge is -2.30. The van der Waals surface area contributed by atoms with Gasteiger partial charge >= 0.3 is 5.91 Å². The molecule has 1 aromatic heterocycles. The highest BCUT2D eigenvalue weighted by molar-refractivity contribution is 7.80. The van der Waals surface area contributed by atoms with Crippen LogP contribution in [0.4, 0.5) is 0 Å². The number of carbonyl (C=O) groups excluding carboxylic acids is 2. The number of rotatable bonds is 2. The minimum absolute atomic E-state index is 0.140. The minimum atomic E-state index is -0.388. The Hall–Kier alpha value is -1.95. The molecule has 2 amide bonds. The third kappa shape index (κ3) is 2.26. The lowest BCUT2D eigenvalue weighted by Crippen LogP contribution is -2.45. The van der Waals surface area contributed by atoms with E-state index in [4.69, 9.17) is 16.6 Å². The quantitative estimate of drug-likeness (QED) is 0.744. The molecule has 5 nitrogen and oxygen atoms in total. The van der Waals surface area contributed by atoms with Gasteiger partial charge in [0, 0.05) is 18.1 Å². The third-order valence-electron chi connectivity index (χ3n) is 2.33. The maximum atomic E-state index is 11.9. The lowest BCUT2D eigenvalue weighted by atomic mass is 10.2. The van der Waals surface area contributed by atoms with E-state index in [0.717, 1.165) is 0 Å². The molecule has 0 unspecified atom stereocenters. The number of hydrazine groups is 1. The fourth-order valence-corrected chi connectivity index (χ4v) is 1.64. The number of hydrogen-bond acceptors (Lipinski definition) is 4. The van der Waals surface area contributed by atoms with Crippen LogP contribution in [0.3, 0.4) is 0 Å². The Morgan fingerprint density at radius 1 is 1.59 bits per heavy atom. The van der Waals surface area contributed by atoms with Crippen LogP contribution in [0.1, 0.15) is 17.0 Å². The Morgan fingerprint density at radius 2 is 2.35 bits per heavy atom. The Morgan fingerprint density at radius 3 is 2.94 bits per heavy atom. The molecular weight excluding hydrogens is 240 g/mol. The predicted octanol–water partition coefficient (Wildman–Crippen LogP) is 1.38. The monoisotopic (exact) mass is 250 g/mol. The van der Waals surface area contributed by atoms with Crippen LogP contribution in [-0.4, -0.2) is 33.7 Å². The summed E-state index contributed by atoms with van der Waals surface area (Å²) in [5.41, 5.74) is 0. The van der Waals surface area contributed by atoms with Crippen LogP contribution in [0.2, 0.25) is 0 Å². The van der Waals surface area contributed by atoms with Crippen molar-refractivity contribution in [1.82, 2.24) is 10.0 Å². The summed E-state index contributed by atoms with van der Waals surface area (Å²) in [6.07, 6.45) is 4.66. The average molecular weight is 250 g/mol. The molecule has 2 heterocycles. The van der Waals surface area contributed by atoms with Crippen molar-refractivity contribution in [2.24, 2.45) is 0 Å². The van der Waals surface area contributed by atoms with Gasteiger partial charge in [-0.3, -0.25) is 9.59 Å². The molecule has 0 bridgehead atoms. The molecule has 0 saturated carbocycles. The number of amides is 2. The molecule has 1 aliphatic rings. The molecule has 0 saturated heterocycles. The number of furan rings is 1. The van der Waals surface area contributed by atoms with Crippen LogP contribution < -0.4 is 0 Å². The maximum absolute atomic E-state index is 11.9. The number of carbonyl (C=O) groups is 2. The second-order valence-corrected chi connectivity index (χ2v) is 4.03. The number of thiocarbonyl (C=S) groups is 1. The minimum Gasteiger partial charge on any atom is -0.459 e. The summed E-state index contributed by atoms with van der Waals surface area (Å²) in [5.74, 6) is -0.442. The number of nitrogens with zero attached hydrogens (tertiary/aromatic N) is 2. The summed E-state index contributed by atoms with van der Waals surface area (Å²) in [4.78, 5) is 24.1. The van der Waals surface area contributed by atoms with Crippen molar-refractivity contribution >= 4 is 28.9 Å². The van der Waals surface area contributed by atoms with E-state index in [-0.39, 0.29) is 24.0 Å². The van der Waals surface area contributed by atoms with Gasteiger partial charge in [0.2, 0.25) is 0 Å². The van der Waals surface area contributed by atoms with Crippen molar-refractivity contribution in [2.75, 3.05) is 7.05 Å². The van der Waals surface area contributed by atoms with E-state index in [1.165, 1.54) is 29.5 Å². The van der Waals surface area contributed by atoms with Crippen LogP contribution in [0, 0.1) is 0 Å². The molecule has 0 radical (unpaired) electrons. The Kier molecular flexibility index (Phi) is 3.06. The first-order valence-electron chi connectivity index (χ1n) is 4.94. The molecule has 0 aromatic carbocycles. The molecule has 0 atom stereocenters. The summed E-state index contributed by atoms with van der Waals surface area (Å²) < 4.78 is 4.98. The zero-order valence-electron chi connectivity index (χ0n) is 9.12. The van der Waals surface area contributed by atoms with E-state index in [1.54, 1.807) is 18.2 Å². The molecular formula is C11H10N2O3S. The third-order valence-corrected chi connectivity index (χ3v) is 2.61. The summed E-state index contributed by atoms with van der Waals surface area (Å²) in [6.45, 7) is 0. The van der Waals surface area contributed by atoms with E-state index < -0.39 is 0 Å².